The van der Waals surface area contributed by atoms with Crippen LogP contribution >= 0.6 is 0 Å². The minimum Gasteiger partial charge on any atom is -0.272 e. The Morgan fingerprint density at radius 1 is 1.73 bits per heavy atom. The topological polar surface area (TPSA) is 33.6 Å². The fourth-order valence-electron chi connectivity index (χ4n) is 0.914. The second-order valence-corrected chi connectivity index (χ2v) is 3.42. The summed E-state index contributed by atoms with van der Waals surface area (Å²) in [4.78, 5) is 9.47. The van der Waals surface area contributed by atoms with Crippen LogP contribution in [0.3, 0.4) is 0 Å². The van der Waals surface area contributed by atoms with E-state index in [1.807, 2.05) is 6.92 Å². The lowest BCUT2D eigenvalue weighted by atomic mass is 10.2. The van der Waals surface area contributed by atoms with Crippen LogP contribution in [0.4, 0.5) is 0 Å². The lowest BCUT2D eigenvalue weighted by Crippen LogP contribution is -2.14. The third kappa shape index (κ3) is 2.89. The first-order chi connectivity index (χ1) is 5.18. The molecule has 0 aromatic carbocycles. The first kappa shape index (κ1) is 8.53. The number of rotatable bonds is 2. The van der Waals surface area contributed by atoms with Crippen molar-refractivity contribution in [2.24, 2.45) is 10.9 Å². The Kier molecular flexibility index (Phi) is 2.88. The Labute approximate surface area is 67.8 Å². The molecule has 1 aliphatic rings. The Morgan fingerprint density at radius 3 is 2.91 bits per heavy atom. The number of nitrogens with zero attached hydrogens (tertiary/aromatic N) is 1. The van der Waals surface area contributed by atoms with Crippen molar-refractivity contribution in [1.82, 2.24) is 5.48 Å². The van der Waals surface area contributed by atoms with Gasteiger partial charge in [0.15, 0.2) is 0 Å². The van der Waals surface area contributed by atoms with E-state index in [2.05, 4.69) is 24.3 Å². The zero-order valence-corrected chi connectivity index (χ0v) is 7.42. The molecule has 1 saturated heterocycles. The van der Waals surface area contributed by atoms with Crippen LogP contribution in [0.15, 0.2) is 4.99 Å². The molecule has 1 N–H and O–H groups in total. The summed E-state index contributed by atoms with van der Waals surface area (Å²) in [6.07, 6.45) is 1.20. The lowest BCUT2D eigenvalue weighted by molar-refractivity contribution is 0.0574. The molecule has 0 aromatic heterocycles. The minimum absolute atomic E-state index is 0.279. The van der Waals surface area contributed by atoms with E-state index in [9.17, 15) is 0 Å². The smallest absolute Gasteiger partial charge is 0.123 e. The number of hydroxylamine groups is 1. The van der Waals surface area contributed by atoms with Gasteiger partial charge in [-0.2, -0.15) is 0 Å². The third-order valence-electron chi connectivity index (χ3n) is 1.51. The molecule has 0 radical (unpaired) electrons. The number of aliphatic imine (C=N–C) groups is 1. The number of nitrogens with one attached hydrogen (secondary N) is 1. The van der Waals surface area contributed by atoms with Gasteiger partial charge in [-0.05, 0) is 12.8 Å². The molecule has 0 saturated carbocycles. The van der Waals surface area contributed by atoms with Crippen LogP contribution in [0, 0.1) is 5.92 Å². The van der Waals surface area contributed by atoms with Crippen molar-refractivity contribution in [3.8, 4) is 0 Å². The highest BCUT2D eigenvalue weighted by atomic mass is 16.7. The fraction of sp³-hybridized carbons (Fsp3) is 0.875. The summed E-state index contributed by atoms with van der Waals surface area (Å²) in [5, 5.41) is 0. The van der Waals surface area contributed by atoms with Crippen molar-refractivity contribution in [1.29, 1.82) is 0 Å². The van der Waals surface area contributed by atoms with E-state index in [1.165, 1.54) is 0 Å². The highest BCUT2D eigenvalue weighted by Crippen LogP contribution is 2.05. The summed E-state index contributed by atoms with van der Waals surface area (Å²) < 4.78 is 0. The van der Waals surface area contributed by atoms with Crippen LogP contribution in [0.2, 0.25) is 0 Å². The van der Waals surface area contributed by atoms with Gasteiger partial charge in [-0.25, -0.2) is 0 Å². The maximum atomic E-state index is 5.12. The summed E-state index contributed by atoms with van der Waals surface area (Å²) >= 11 is 0. The van der Waals surface area contributed by atoms with Crippen LogP contribution < -0.4 is 5.48 Å². The van der Waals surface area contributed by atoms with Gasteiger partial charge in [-0.1, -0.05) is 13.8 Å². The Balaban J connectivity index is 2.30. The zero-order valence-electron chi connectivity index (χ0n) is 7.42. The first-order valence-electron chi connectivity index (χ1n) is 4.13. The van der Waals surface area contributed by atoms with Crippen LogP contribution in [-0.2, 0) is 4.84 Å². The van der Waals surface area contributed by atoms with Gasteiger partial charge < -0.3 is 0 Å². The minimum atomic E-state index is 0.279. The fourth-order valence-corrected chi connectivity index (χ4v) is 0.914. The predicted octanol–water partition coefficient (Wildman–Crippen LogP) is 1.35. The summed E-state index contributed by atoms with van der Waals surface area (Å²) in [6, 6.07) is 0. The van der Waals surface area contributed by atoms with Gasteiger partial charge in [0.05, 0.1) is 6.10 Å². The second kappa shape index (κ2) is 3.72. The molecular weight excluding hydrogens is 140 g/mol. The maximum Gasteiger partial charge on any atom is 0.123 e. The molecular formula is C8H16N2O. The van der Waals surface area contributed by atoms with Gasteiger partial charge in [0.1, 0.15) is 5.84 Å². The van der Waals surface area contributed by atoms with Gasteiger partial charge in [0.25, 0.3) is 0 Å². The molecule has 1 fully saturated rings. The summed E-state index contributed by atoms with van der Waals surface area (Å²) in [5.74, 6) is 1.62. The third-order valence-corrected chi connectivity index (χ3v) is 1.51. The molecule has 11 heavy (non-hydrogen) atoms. The van der Waals surface area contributed by atoms with E-state index in [0.717, 1.165) is 18.8 Å². The van der Waals surface area contributed by atoms with E-state index in [-0.39, 0.29) is 6.10 Å². The normalized spacial score (nSPS) is 28.0. The number of hydrogen-bond donors (Lipinski definition) is 1. The van der Waals surface area contributed by atoms with E-state index < -0.39 is 0 Å². The Morgan fingerprint density at radius 2 is 2.45 bits per heavy atom. The molecule has 3 heteroatoms. The molecule has 1 rings (SSSR count). The molecule has 0 aliphatic carbocycles. The van der Waals surface area contributed by atoms with Crippen LogP contribution in [0.1, 0.15) is 27.2 Å². The Bertz CT molecular complexity index is 154. The van der Waals surface area contributed by atoms with Gasteiger partial charge in [-0.3, -0.25) is 15.3 Å². The van der Waals surface area contributed by atoms with E-state index in [0.29, 0.717) is 5.92 Å². The largest absolute Gasteiger partial charge is 0.272 e. The molecule has 0 spiro atoms. The van der Waals surface area contributed by atoms with Crippen molar-refractivity contribution in [3.05, 3.63) is 0 Å². The molecule has 0 bridgehead atoms. The monoisotopic (exact) mass is 156 g/mol. The van der Waals surface area contributed by atoms with Gasteiger partial charge in [0.2, 0.25) is 0 Å². The Hall–Kier alpha value is -0.570. The summed E-state index contributed by atoms with van der Waals surface area (Å²) in [5.41, 5.74) is 2.81. The van der Waals surface area contributed by atoms with E-state index in [4.69, 9.17) is 4.84 Å². The highest BCUT2D eigenvalue weighted by Gasteiger charge is 2.15. The molecule has 1 heterocycles. The average Bonchev–Trinajstić information content (AvgIpc) is 2.31. The van der Waals surface area contributed by atoms with Crippen molar-refractivity contribution >= 4 is 5.84 Å². The lowest BCUT2D eigenvalue weighted by Gasteiger charge is -1.99. The van der Waals surface area contributed by atoms with E-state index >= 15 is 0 Å². The van der Waals surface area contributed by atoms with E-state index in [1.54, 1.807) is 0 Å². The predicted molar refractivity (Wildman–Crippen MR) is 45.4 cm³/mol. The molecule has 1 aliphatic heterocycles. The van der Waals surface area contributed by atoms with Crippen molar-refractivity contribution < 1.29 is 4.84 Å². The van der Waals surface area contributed by atoms with Crippen molar-refractivity contribution in [2.75, 3.05) is 6.54 Å². The number of amidine groups is 1. The average molecular weight is 156 g/mol. The zero-order chi connectivity index (χ0) is 8.27. The summed E-state index contributed by atoms with van der Waals surface area (Å²) in [7, 11) is 0. The molecule has 3 nitrogen and oxygen atoms in total. The first-order valence-corrected chi connectivity index (χ1v) is 4.13. The molecule has 0 aromatic rings. The second-order valence-electron chi connectivity index (χ2n) is 3.42. The van der Waals surface area contributed by atoms with Gasteiger partial charge in [0, 0.05) is 13.0 Å². The highest BCUT2D eigenvalue weighted by molar-refractivity contribution is 5.82. The van der Waals surface area contributed by atoms with Crippen molar-refractivity contribution in [2.45, 2.75) is 33.3 Å². The van der Waals surface area contributed by atoms with Crippen LogP contribution in [0.5, 0.6) is 0 Å². The standard InChI is InChI=1S/C8H16N2O/c1-6(2)5-9-8-4-7(3)11-10-8/h6-7H,4-5H2,1-3H3,(H,9,10). The van der Waals surface area contributed by atoms with Gasteiger partial charge >= 0.3 is 0 Å². The SMILES string of the molecule is CC(C)CN=C1CC(C)ON1. The maximum absolute atomic E-state index is 5.12. The molecule has 1 atom stereocenters. The molecule has 64 valence electrons. The molecule has 1 unspecified atom stereocenters. The van der Waals surface area contributed by atoms with Crippen LogP contribution in [0.25, 0.3) is 0 Å². The van der Waals surface area contributed by atoms with Crippen LogP contribution in [-0.4, -0.2) is 18.5 Å². The quantitative estimate of drug-likeness (QED) is 0.654. The van der Waals surface area contributed by atoms with Gasteiger partial charge in [-0.15, -0.1) is 0 Å². The molecule has 0 amide bonds. The number of hydrogen-bond acceptors (Lipinski definition) is 2. The van der Waals surface area contributed by atoms with Crippen molar-refractivity contribution in [3.63, 3.8) is 0 Å². The summed E-state index contributed by atoms with van der Waals surface area (Å²) in [6.45, 7) is 7.23.